The molecular weight excluding hydrogens is 389 g/mol. The smallest absolute Gasteiger partial charge is 0.331 e. The van der Waals surface area contributed by atoms with Crippen LogP contribution in [0.15, 0.2) is 53.0 Å². The molecule has 1 aliphatic heterocycles. The summed E-state index contributed by atoms with van der Waals surface area (Å²) in [5.41, 5.74) is 2.22. The van der Waals surface area contributed by atoms with Crippen molar-refractivity contribution < 1.29 is 18.7 Å². The second-order valence-electron chi connectivity index (χ2n) is 5.53. The van der Waals surface area contributed by atoms with E-state index >= 15 is 0 Å². The van der Waals surface area contributed by atoms with Crippen molar-refractivity contribution in [2.24, 2.45) is 0 Å². The number of carbonyl (C=O) groups is 2. The van der Waals surface area contributed by atoms with Crippen LogP contribution in [0.5, 0.6) is 0 Å². The quantitative estimate of drug-likeness (QED) is 0.577. The van der Waals surface area contributed by atoms with Gasteiger partial charge in [-0.1, -0.05) is 34.1 Å². The minimum absolute atomic E-state index is 0.256. The summed E-state index contributed by atoms with van der Waals surface area (Å²) in [7, 11) is 0. The third-order valence-corrected chi connectivity index (χ3v) is 4.38. The van der Waals surface area contributed by atoms with E-state index in [1.807, 2.05) is 24.3 Å². The number of benzene rings is 2. The first-order valence-corrected chi connectivity index (χ1v) is 8.52. The van der Waals surface area contributed by atoms with E-state index in [1.54, 1.807) is 17.0 Å². The normalized spacial score (nSPS) is 13.1. The first-order chi connectivity index (χ1) is 12.0. The van der Waals surface area contributed by atoms with Crippen molar-refractivity contribution in [3.8, 4) is 0 Å². The van der Waals surface area contributed by atoms with E-state index in [0.29, 0.717) is 11.0 Å². The molecule has 0 atom stereocenters. The van der Waals surface area contributed by atoms with E-state index in [2.05, 4.69) is 15.9 Å². The van der Waals surface area contributed by atoms with Crippen molar-refractivity contribution in [1.82, 2.24) is 0 Å². The summed E-state index contributed by atoms with van der Waals surface area (Å²) in [6.45, 7) is 0.229. The molecule has 0 aliphatic carbocycles. The highest BCUT2D eigenvalue weighted by Crippen LogP contribution is 2.27. The number of hydrogen-bond acceptors (Lipinski definition) is 3. The van der Waals surface area contributed by atoms with Gasteiger partial charge in [0.1, 0.15) is 5.82 Å². The molecule has 0 N–H and O–H groups in total. The van der Waals surface area contributed by atoms with Gasteiger partial charge in [-0.2, -0.15) is 0 Å². The molecule has 0 saturated heterocycles. The molecule has 1 aliphatic rings. The average Bonchev–Trinajstić information content (AvgIpc) is 3.04. The number of halogens is 2. The average molecular weight is 404 g/mol. The number of rotatable bonds is 4. The number of amides is 1. The molecule has 0 spiro atoms. The van der Waals surface area contributed by atoms with Gasteiger partial charge in [0.15, 0.2) is 6.61 Å². The number of ether oxygens (including phenoxy) is 1. The van der Waals surface area contributed by atoms with Gasteiger partial charge < -0.3 is 9.64 Å². The number of esters is 1. The largest absolute Gasteiger partial charge is 0.452 e. The fraction of sp³-hybridized carbons (Fsp3) is 0.158. The standard InChI is InChI=1S/C19H15BrFNO3/c20-15-6-7-16(21)14(11-15)5-8-19(24)25-12-18(23)22-10-9-13-3-1-2-4-17(13)22/h1-8,11H,9-10,12H2/b8-5+. The predicted molar refractivity (Wildman–Crippen MR) is 96.6 cm³/mol. The van der Waals surface area contributed by atoms with Crippen LogP contribution in [0.2, 0.25) is 0 Å². The highest BCUT2D eigenvalue weighted by molar-refractivity contribution is 9.10. The maximum Gasteiger partial charge on any atom is 0.331 e. The first kappa shape index (κ1) is 17.4. The third-order valence-electron chi connectivity index (χ3n) is 3.88. The van der Waals surface area contributed by atoms with Crippen LogP contribution in [0, 0.1) is 5.82 Å². The van der Waals surface area contributed by atoms with Crippen LogP contribution in [-0.2, 0) is 20.7 Å². The second-order valence-corrected chi connectivity index (χ2v) is 6.45. The SMILES string of the molecule is O=C(/C=C/c1cc(Br)ccc1F)OCC(=O)N1CCc2ccccc21. The number of anilines is 1. The van der Waals surface area contributed by atoms with Gasteiger partial charge in [0, 0.05) is 28.3 Å². The van der Waals surface area contributed by atoms with Gasteiger partial charge in [-0.15, -0.1) is 0 Å². The molecule has 3 rings (SSSR count). The molecular formula is C19H15BrFNO3. The van der Waals surface area contributed by atoms with E-state index in [0.717, 1.165) is 23.7 Å². The van der Waals surface area contributed by atoms with Gasteiger partial charge in [-0.25, -0.2) is 9.18 Å². The zero-order valence-corrected chi connectivity index (χ0v) is 14.8. The lowest BCUT2D eigenvalue weighted by atomic mass is 10.2. The Labute approximate surface area is 153 Å². The fourth-order valence-corrected chi connectivity index (χ4v) is 3.04. The van der Waals surface area contributed by atoms with Crippen molar-refractivity contribution in [2.75, 3.05) is 18.1 Å². The molecule has 128 valence electrons. The van der Waals surface area contributed by atoms with Crippen LogP contribution in [0.3, 0.4) is 0 Å². The van der Waals surface area contributed by atoms with Crippen LogP contribution in [-0.4, -0.2) is 25.0 Å². The minimum Gasteiger partial charge on any atom is -0.452 e. The second kappa shape index (κ2) is 7.61. The van der Waals surface area contributed by atoms with E-state index < -0.39 is 11.8 Å². The van der Waals surface area contributed by atoms with Crippen LogP contribution < -0.4 is 4.90 Å². The summed E-state index contributed by atoms with van der Waals surface area (Å²) >= 11 is 3.24. The van der Waals surface area contributed by atoms with Gasteiger partial charge in [-0.3, -0.25) is 4.79 Å². The van der Waals surface area contributed by atoms with Crippen molar-refractivity contribution in [1.29, 1.82) is 0 Å². The number of carbonyl (C=O) groups excluding carboxylic acids is 2. The maximum absolute atomic E-state index is 13.6. The molecule has 4 nitrogen and oxygen atoms in total. The molecule has 0 unspecified atom stereocenters. The number of fused-ring (bicyclic) bond motifs is 1. The summed E-state index contributed by atoms with van der Waals surface area (Å²) in [6, 6.07) is 12.1. The number of nitrogens with zero attached hydrogens (tertiary/aromatic N) is 1. The summed E-state index contributed by atoms with van der Waals surface area (Å²) in [5.74, 6) is -1.42. The van der Waals surface area contributed by atoms with Gasteiger partial charge >= 0.3 is 5.97 Å². The van der Waals surface area contributed by atoms with Crippen LogP contribution >= 0.6 is 15.9 Å². The topological polar surface area (TPSA) is 46.6 Å². The lowest BCUT2D eigenvalue weighted by Gasteiger charge is -2.16. The highest BCUT2D eigenvalue weighted by atomic mass is 79.9. The lowest BCUT2D eigenvalue weighted by Crippen LogP contribution is -2.33. The van der Waals surface area contributed by atoms with E-state index in [9.17, 15) is 14.0 Å². The molecule has 0 radical (unpaired) electrons. The molecule has 6 heteroatoms. The van der Waals surface area contributed by atoms with Crippen LogP contribution in [0.1, 0.15) is 11.1 Å². The molecule has 0 saturated carbocycles. The Morgan fingerprint density at radius 2 is 2.04 bits per heavy atom. The molecule has 1 heterocycles. The van der Waals surface area contributed by atoms with Gasteiger partial charge in [-0.05, 0) is 42.3 Å². The Kier molecular flexibility index (Phi) is 5.28. The summed E-state index contributed by atoms with van der Waals surface area (Å²) in [6.07, 6.45) is 3.21. The zero-order chi connectivity index (χ0) is 17.8. The van der Waals surface area contributed by atoms with E-state index in [4.69, 9.17) is 4.74 Å². The lowest BCUT2D eigenvalue weighted by molar-refractivity contribution is -0.142. The molecule has 2 aromatic rings. The molecule has 0 aromatic heterocycles. The van der Waals surface area contributed by atoms with Crippen molar-refractivity contribution >= 4 is 39.6 Å². The van der Waals surface area contributed by atoms with E-state index in [-0.39, 0.29) is 18.1 Å². The Bertz CT molecular complexity index is 850. The molecule has 0 bridgehead atoms. The summed E-state index contributed by atoms with van der Waals surface area (Å²) in [5, 5.41) is 0. The summed E-state index contributed by atoms with van der Waals surface area (Å²) < 4.78 is 19.3. The van der Waals surface area contributed by atoms with Crippen molar-refractivity contribution in [3.63, 3.8) is 0 Å². The van der Waals surface area contributed by atoms with Crippen LogP contribution in [0.25, 0.3) is 6.08 Å². The predicted octanol–water partition coefficient (Wildman–Crippen LogP) is 3.73. The molecule has 2 aromatic carbocycles. The van der Waals surface area contributed by atoms with Gasteiger partial charge in [0.25, 0.3) is 5.91 Å². The molecule has 0 fully saturated rings. The fourth-order valence-electron chi connectivity index (χ4n) is 2.66. The van der Waals surface area contributed by atoms with Gasteiger partial charge in [0.05, 0.1) is 0 Å². The molecule has 1 amide bonds. The Morgan fingerprint density at radius 1 is 1.24 bits per heavy atom. The van der Waals surface area contributed by atoms with E-state index in [1.165, 1.54) is 12.1 Å². The monoisotopic (exact) mass is 403 g/mol. The Morgan fingerprint density at radius 3 is 2.88 bits per heavy atom. The van der Waals surface area contributed by atoms with Crippen LogP contribution in [0.4, 0.5) is 10.1 Å². The third kappa shape index (κ3) is 4.14. The summed E-state index contributed by atoms with van der Waals surface area (Å²) in [4.78, 5) is 25.6. The highest BCUT2D eigenvalue weighted by Gasteiger charge is 2.24. The van der Waals surface area contributed by atoms with Gasteiger partial charge in [0.2, 0.25) is 0 Å². The molecule has 25 heavy (non-hydrogen) atoms. The number of para-hydroxylation sites is 1. The number of hydrogen-bond donors (Lipinski definition) is 0. The Hall–Kier alpha value is -2.47. The first-order valence-electron chi connectivity index (χ1n) is 7.73. The minimum atomic E-state index is -0.694. The van der Waals surface area contributed by atoms with Crippen molar-refractivity contribution in [2.45, 2.75) is 6.42 Å². The van der Waals surface area contributed by atoms with Crippen molar-refractivity contribution in [3.05, 3.63) is 70.0 Å². The zero-order valence-electron chi connectivity index (χ0n) is 13.2. The Balaban J connectivity index is 1.57. The maximum atomic E-state index is 13.6.